The average molecular weight is 271 g/mol. The highest BCUT2D eigenvalue weighted by Crippen LogP contribution is 2.32. The van der Waals surface area contributed by atoms with Crippen LogP contribution in [0.5, 0.6) is 0 Å². The molecule has 106 valence electrons. The Kier molecular flexibility index (Phi) is 3.26. The lowest BCUT2D eigenvalue weighted by Crippen LogP contribution is -2.37. The number of hydrogen-bond donors (Lipinski definition) is 2. The maximum Gasteiger partial charge on any atom is 0.0727 e. The monoisotopic (exact) mass is 271 g/mol. The van der Waals surface area contributed by atoms with E-state index in [0.29, 0.717) is 5.92 Å². The van der Waals surface area contributed by atoms with Crippen molar-refractivity contribution in [3.8, 4) is 0 Å². The number of fused-ring (bicyclic) bond motifs is 1. The van der Waals surface area contributed by atoms with Crippen LogP contribution in [0, 0.1) is 12.8 Å². The summed E-state index contributed by atoms with van der Waals surface area (Å²) >= 11 is 0. The molecule has 0 bridgehead atoms. The van der Waals surface area contributed by atoms with E-state index < -0.39 is 0 Å². The molecule has 1 saturated carbocycles. The molecule has 0 amide bonds. The first-order valence-electron chi connectivity index (χ1n) is 7.09. The lowest BCUT2D eigenvalue weighted by atomic mass is 9.82. The Morgan fingerprint density at radius 1 is 1.35 bits per heavy atom. The smallest absolute Gasteiger partial charge is 0.0727 e. The maximum atomic E-state index is 9.41. The third-order valence-electron chi connectivity index (χ3n) is 4.09. The molecular weight excluding hydrogens is 250 g/mol. The van der Waals surface area contributed by atoms with E-state index in [1.165, 1.54) is 5.69 Å². The SMILES string of the molecule is Cc1cc(N(C)CC2CC(O)C2)c2cc(N)ccc2n1. The van der Waals surface area contributed by atoms with Crippen molar-refractivity contribution in [3.05, 3.63) is 30.0 Å². The van der Waals surface area contributed by atoms with Crippen LogP contribution in [0.4, 0.5) is 11.4 Å². The Morgan fingerprint density at radius 3 is 2.80 bits per heavy atom. The second-order valence-corrected chi connectivity index (χ2v) is 5.93. The number of anilines is 2. The third kappa shape index (κ3) is 2.43. The topological polar surface area (TPSA) is 62.4 Å². The summed E-state index contributed by atoms with van der Waals surface area (Å²) in [6, 6.07) is 7.96. The molecule has 1 aliphatic carbocycles. The molecular formula is C16H21N3O. The van der Waals surface area contributed by atoms with Gasteiger partial charge in [-0.1, -0.05) is 0 Å². The van der Waals surface area contributed by atoms with Gasteiger partial charge in [-0.2, -0.15) is 0 Å². The van der Waals surface area contributed by atoms with E-state index in [9.17, 15) is 5.11 Å². The first-order chi connectivity index (χ1) is 9.52. The molecule has 0 saturated heterocycles. The number of aryl methyl sites for hydroxylation is 1. The molecule has 0 radical (unpaired) electrons. The molecule has 4 heteroatoms. The lowest BCUT2D eigenvalue weighted by molar-refractivity contribution is 0.0465. The van der Waals surface area contributed by atoms with Gasteiger partial charge in [0.1, 0.15) is 0 Å². The van der Waals surface area contributed by atoms with Gasteiger partial charge in [0.15, 0.2) is 0 Å². The van der Waals surface area contributed by atoms with Crippen molar-refractivity contribution in [3.63, 3.8) is 0 Å². The highest BCUT2D eigenvalue weighted by atomic mass is 16.3. The zero-order valence-electron chi connectivity index (χ0n) is 12.0. The number of aliphatic hydroxyl groups excluding tert-OH is 1. The minimum absolute atomic E-state index is 0.0973. The Hall–Kier alpha value is -1.81. The van der Waals surface area contributed by atoms with Crippen LogP contribution in [0.25, 0.3) is 10.9 Å². The van der Waals surface area contributed by atoms with Crippen LogP contribution in [0.15, 0.2) is 24.3 Å². The van der Waals surface area contributed by atoms with Crippen LogP contribution in [0.1, 0.15) is 18.5 Å². The van der Waals surface area contributed by atoms with E-state index in [-0.39, 0.29) is 6.10 Å². The lowest BCUT2D eigenvalue weighted by Gasteiger charge is -2.35. The van der Waals surface area contributed by atoms with Crippen LogP contribution >= 0.6 is 0 Å². The van der Waals surface area contributed by atoms with Gasteiger partial charge in [0.05, 0.1) is 11.6 Å². The Bertz CT molecular complexity index is 635. The zero-order valence-corrected chi connectivity index (χ0v) is 12.0. The van der Waals surface area contributed by atoms with Crippen molar-refractivity contribution in [2.45, 2.75) is 25.9 Å². The quantitative estimate of drug-likeness (QED) is 0.841. The standard InChI is InChI=1S/C16H21N3O/c1-10-5-16(19(2)9-11-6-13(20)7-11)14-8-12(17)3-4-15(14)18-10/h3-5,8,11,13,20H,6-7,9,17H2,1-2H3. The van der Waals surface area contributed by atoms with E-state index >= 15 is 0 Å². The molecule has 1 fully saturated rings. The van der Waals surface area contributed by atoms with Crippen LogP contribution < -0.4 is 10.6 Å². The number of nitrogens with two attached hydrogens (primary N) is 1. The molecule has 0 atom stereocenters. The maximum absolute atomic E-state index is 9.41. The first kappa shape index (κ1) is 13.2. The number of pyridine rings is 1. The van der Waals surface area contributed by atoms with Crippen molar-refractivity contribution >= 4 is 22.3 Å². The van der Waals surface area contributed by atoms with Gasteiger partial charge in [-0.25, -0.2) is 0 Å². The van der Waals surface area contributed by atoms with Crippen molar-refractivity contribution < 1.29 is 5.11 Å². The molecule has 1 heterocycles. The van der Waals surface area contributed by atoms with Gasteiger partial charge < -0.3 is 15.7 Å². The molecule has 2 aromatic rings. The van der Waals surface area contributed by atoms with Gasteiger partial charge in [0, 0.05) is 36.0 Å². The van der Waals surface area contributed by atoms with Gasteiger partial charge in [-0.3, -0.25) is 4.98 Å². The molecule has 1 aromatic heterocycles. The summed E-state index contributed by atoms with van der Waals surface area (Å²) in [5.74, 6) is 0.583. The fraction of sp³-hybridized carbons (Fsp3) is 0.438. The van der Waals surface area contributed by atoms with Gasteiger partial charge in [-0.15, -0.1) is 0 Å². The second kappa shape index (κ2) is 4.94. The number of aliphatic hydroxyl groups is 1. The summed E-state index contributed by atoms with van der Waals surface area (Å²) in [5.41, 5.74) is 9.83. The first-order valence-corrected chi connectivity index (χ1v) is 7.09. The summed E-state index contributed by atoms with van der Waals surface area (Å²) < 4.78 is 0. The fourth-order valence-electron chi connectivity index (χ4n) is 3.01. The Morgan fingerprint density at radius 2 is 2.10 bits per heavy atom. The van der Waals surface area contributed by atoms with Crippen LogP contribution in [-0.2, 0) is 0 Å². The summed E-state index contributed by atoms with van der Waals surface area (Å²) in [4.78, 5) is 6.82. The highest BCUT2D eigenvalue weighted by Gasteiger charge is 2.28. The number of aromatic nitrogens is 1. The van der Waals surface area contributed by atoms with Crippen LogP contribution in [-0.4, -0.2) is 29.8 Å². The number of benzene rings is 1. The van der Waals surface area contributed by atoms with E-state index in [4.69, 9.17) is 5.73 Å². The van der Waals surface area contributed by atoms with Gasteiger partial charge >= 0.3 is 0 Å². The normalized spacial score (nSPS) is 21.8. The minimum Gasteiger partial charge on any atom is -0.399 e. The van der Waals surface area contributed by atoms with Crippen molar-refractivity contribution in [2.24, 2.45) is 5.92 Å². The van der Waals surface area contributed by atoms with Gasteiger partial charge in [0.2, 0.25) is 0 Å². The van der Waals surface area contributed by atoms with E-state index in [1.807, 2.05) is 25.1 Å². The molecule has 4 nitrogen and oxygen atoms in total. The summed E-state index contributed by atoms with van der Waals surface area (Å²) in [7, 11) is 2.10. The molecule has 0 unspecified atom stereocenters. The molecule has 3 rings (SSSR count). The Balaban J connectivity index is 1.94. The number of hydrogen-bond acceptors (Lipinski definition) is 4. The number of nitrogen functional groups attached to an aromatic ring is 1. The third-order valence-corrected chi connectivity index (χ3v) is 4.09. The van der Waals surface area contributed by atoms with Crippen molar-refractivity contribution in [1.82, 2.24) is 4.98 Å². The molecule has 1 aromatic carbocycles. The molecule has 3 N–H and O–H groups in total. The Labute approximate surface area is 119 Å². The largest absolute Gasteiger partial charge is 0.399 e. The van der Waals surface area contributed by atoms with Crippen LogP contribution in [0.2, 0.25) is 0 Å². The predicted molar refractivity (Wildman–Crippen MR) is 82.9 cm³/mol. The average Bonchev–Trinajstić information content (AvgIpc) is 2.36. The van der Waals surface area contributed by atoms with E-state index in [2.05, 4.69) is 23.0 Å². The summed E-state index contributed by atoms with van der Waals surface area (Å²) in [6.45, 7) is 2.98. The van der Waals surface area contributed by atoms with E-state index in [0.717, 1.165) is 41.7 Å². The molecule has 0 spiro atoms. The fourth-order valence-corrected chi connectivity index (χ4v) is 3.01. The van der Waals surface area contributed by atoms with Crippen molar-refractivity contribution in [1.29, 1.82) is 0 Å². The summed E-state index contributed by atoms with van der Waals surface area (Å²) in [6.07, 6.45) is 1.73. The van der Waals surface area contributed by atoms with Crippen LogP contribution in [0.3, 0.4) is 0 Å². The van der Waals surface area contributed by atoms with Gasteiger partial charge in [-0.05, 0) is 49.9 Å². The van der Waals surface area contributed by atoms with Gasteiger partial charge in [0.25, 0.3) is 0 Å². The molecule has 20 heavy (non-hydrogen) atoms. The van der Waals surface area contributed by atoms with E-state index in [1.54, 1.807) is 0 Å². The minimum atomic E-state index is -0.0973. The molecule has 0 aliphatic heterocycles. The van der Waals surface area contributed by atoms with Crippen molar-refractivity contribution in [2.75, 3.05) is 24.2 Å². The predicted octanol–water partition coefficient (Wildman–Crippen LogP) is 2.33. The number of rotatable bonds is 3. The highest BCUT2D eigenvalue weighted by molar-refractivity contribution is 5.93. The zero-order chi connectivity index (χ0) is 14.3. The second-order valence-electron chi connectivity index (χ2n) is 5.93. The molecule has 1 aliphatic rings. The summed E-state index contributed by atoms with van der Waals surface area (Å²) in [5, 5.41) is 10.5. The number of nitrogens with zero attached hydrogens (tertiary/aromatic N) is 2.